The molecule has 1 aliphatic heterocycles. The third-order valence-electron chi connectivity index (χ3n) is 3.75. The van der Waals surface area contributed by atoms with Gasteiger partial charge in [-0.15, -0.1) is 0 Å². The van der Waals surface area contributed by atoms with Crippen molar-refractivity contribution in [1.82, 2.24) is 4.98 Å². The molecule has 0 N–H and O–H groups in total. The average Bonchev–Trinajstić information content (AvgIpc) is 2.44. The summed E-state index contributed by atoms with van der Waals surface area (Å²) in [5.74, 6) is 0.694. The first kappa shape index (κ1) is 16.7. The number of anilines is 1. The molecule has 0 bridgehead atoms. The average molecular weight is 326 g/mol. The summed E-state index contributed by atoms with van der Waals surface area (Å²) in [7, 11) is -2.10. The third kappa shape index (κ3) is 4.16. The van der Waals surface area contributed by atoms with Crippen molar-refractivity contribution >= 4 is 21.2 Å². The van der Waals surface area contributed by atoms with Gasteiger partial charge >= 0.3 is 5.69 Å². The first-order valence-electron chi connectivity index (χ1n) is 7.26. The minimum absolute atomic E-state index is 0.0786. The molecular formula is C14H22N4O3S. The van der Waals surface area contributed by atoms with Crippen LogP contribution >= 0.6 is 0 Å². The minimum Gasteiger partial charge on any atom is -0.351 e. The van der Waals surface area contributed by atoms with Crippen LogP contribution in [0.3, 0.4) is 0 Å². The number of nitro groups is 1. The molecule has 0 aromatic carbocycles. The molecule has 2 rings (SSSR count). The molecule has 1 aliphatic rings. The van der Waals surface area contributed by atoms with Gasteiger partial charge in [0, 0.05) is 47.1 Å². The van der Waals surface area contributed by atoms with E-state index in [0.29, 0.717) is 24.5 Å². The molecule has 122 valence electrons. The van der Waals surface area contributed by atoms with Gasteiger partial charge in [-0.05, 0) is 31.7 Å². The van der Waals surface area contributed by atoms with Gasteiger partial charge in [0.15, 0.2) is 0 Å². The summed E-state index contributed by atoms with van der Waals surface area (Å²) >= 11 is 0. The number of rotatable bonds is 4. The number of aromatic nitrogens is 1. The van der Waals surface area contributed by atoms with Gasteiger partial charge in [0.05, 0.1) is 11.5 Å². The summed E-state index contributed by atoms with van der Waals surface area (Å²) in [6.45, 7) is 3.67. The Balaban J connectivity index is 2.22. The fraction of sp³-hybridized carbons (Fsp3) is 0.643. The van der Waals surface area contributed by atoms with Gasteiger partial charge in [-0.1, -0.05) is 0 Å². The molecule has 0 spiro atoms. The van der Waals surface area contributed by atoms with Crippen molar-refractivity contribution in [2.24, 2.45) is 10.3 Å². The van der Waals surface area contributed by atoms with Crippen LogP contribution in [0.4, 0.5) is 11.5 Å². The van der Waals surface area contributed by atoms with Gasteiger partial charge < -0.3 is 4.90 Å². The van der Waals surface area contributed by atoms with Gasteiger partial charge in [0.2, 0.25) is 5.82 Å². The lowest BCUT2D eigenvalue weighted by Gasteiger charge is -2.32. The summed E-state index contributed by atoms with van der Waals surface area (Å²) in [5, 5.41) is 11.3. The highest BCUT2D eigenvalue weighted by Crippen LogP contribution is 2.31. The molecule has 1 fully saturated rings. The van der Waals surface area contributed by atoms with Crippen molar-refractivity contribution in [2.75, 3.05) is 37.0 Å². The maximum absolute atomic E-state index is 11.7. The van der Waals surface area contributed by atoms with Crippen molar-refractivity contribution in [2.45, 2.75) is 19.8 Å². The second kappa shape index (κ2) is 6.60. The van der Waals surface area contributed by atoms with Gasteiger partial charge in [0.1, 0.15) is 0 Å². The molecule has 0 saturated carbocycles. The predicted molar refractivity (Wildman–Crippen MR) is 87.9 cm³/mol. The van der Waals surface area contributed by atoms with Crippen LogP contribution in [0.25, 0.3) is 0 Å². The van der Waals surface area contributed by atoms with Crippen molar-refractivity contribution in [3.8, 4) is 0 Å². The summed E-state index contributed by atoms with van der Waals surface area (Å²) in [4.78, 5) is 17.1. The van der Waals surface area contributed by atoms with Crippen LogP contribution in [-0.4, -0.2) is 46.3 Å². The maximum Gasteiger partial charge on any atom is 0.314 e. The lowest BCUT2D eigenvalue weighted by Crippen LogP contribution is -2.37. The molecule has 7 nitrogen and oxygen atoms in total. The normalized spacial score (nSPS) is 19.0. The van der Waals surface area contributed by atoms with E-state index in [1.807, 2.05) is 4.90 Å². The Hall–Kier alpha value is -1.70. The van der Waals surface area contributed by atoms with E-state index in [-0.39, 0.29) is 16.5 Å². The fourth-order valence-corrected chi connectivity index (χ4v) is 3.25. The van der Waals surface area contributed by atoms with Gasteiger partial charge in [0.25, 0.3) is 0 Å². The molecule has 1 aromatic rings. The Morgan fingerprint density at radius 2 is 2.27 bits per heavy atom. The molecule has 0 radical (unpaired) electrons. The lowest BCUT2D eigenvalue weighted by atomic mass is 9.98. The Bertz CT molecular complexity index is 675. The highest BCUT2D eigenvalue weighted by Gasteiger charge is 2.28. The Morgan fingerprint density at radius 3 is 2.91 bits per heavy atom. The fourth-order valence-electron chi connectivity index (χ4n) is 2.68. The molecule has 22 heavy (non-hydrogen) atoms. The Kier molecular flexibility index (Phi) is 5.00. The van der Waals surface area contributed by atoms with Crippen LogP contribution in [0.2, 0.25) is 0 Å². The molecule has 8 heteroatoms. The van der Waals surface area contributed by atoms with E-state index in [0.717, 1.165) is 19.4 Å². The summed E-state index contributed by atoms with van der Waals surface area (Å²) in [6.07, 6.45) is 6.79. The number of hydrogen-bond donors (Lipinski definition) is 0. The van der Waals surface area contributed by atoms with Crippen LogP contribution < -0.4 is 4.90 Å². The zero-order chi connectivity index (χ0) is 16.3. The number of hydrogen-bond acceptors (Lipinski definition) is 6. The second-order valence-electron chi connectivity index (χ2n) is 6.00. The monoisotopic (exact) mass is 326 g/mol. The SMILES string of the molecule is Cc1ccnc(N2CCCC(CN=S(C)(C)=O)C2)c1[N+](=O)[O-]. The van der Waals surface area contributed by atoms with Crippen LogP contribution in [0.5, 0.6) is 0 Å². The van der Waals surface area contributed by atoms with Crippen molar-refractivity contribution in [3.05, 3.63) is 27.9 Å². The summed E-state index contributed by atoms with van der Waals surface area (Å²) in [6, 6.07) is 1.65. The number of pyridine rings is 1. The zero-order valence-electron chi connectivity index (χ0n) is 13.2. The number of aryl methyl sites for hydroxylation is 1. The minimum atomic E-state index is -2.10. The van der Waals surface area contributed by atoms with Crippen LogP contribution in [0.1, 0.15) is 18.4 Å². The van der Waals surface area contributed by atoms with Crippen LogP contribution in [0, 0.1) is 23.0 Å². The quantitative estimate of drug-likeness (QED) is 0.625. The smallest absolute Gasteiger partial charge is 0.314 e. The molecule has 1 saturated heterocycles. The molecule has 0 aliphatic carbocycles. The highest BCUT2D eigenvalue weighted by molar-refractivity contribution is 7.92. The van der Waals surface area contributed by atoms with Crippen molar-refractivity contribution in [3.63, 3.8) is 0 Å². The van der Waals surface area contributed by atoms with Gasteiger partial charge in [-0.2, -0.15) is 0 Å². The number of piperidine rings is 1. The molecule has 2 heterocycles. The standard InChI is InChI=1S/C14H22N4O3S/c1-11-6-7-15-14(13(11)18(19)20)17-8-4-5-12(10-17)9-16-22(2,3)21/h6-7,12H,4-5,8-10H2,1-3H3. The Morgan fingerprint density at radius 1 is 1.55 bits per heavy atom. The zero-order valence-corrected chi connectivity index (χ0v) is 14.0. The van der Waals surface area contributed by atoms with E-state index >= 15 is 0 Å². The summed E-state index contributed by atoms with van der Waals surface area (Å²) < 4.78 is 15.9. The largest absolute Gasteiger partial charge is 0.351 e. The lowest BCUT2D eigenvalue weighted by molar-refractivity contribution is -0.384. The highest BCUT2D eigenvalue weighted by atomic mass is 32.2. The van der Waals surface area contributed by atoms with Crippen molar-refractivity contribution < 1.29 is 9.13 Å². The van der Waals surface area contributed by atoms with Gasteiger partial charge in [-0.3, -0.25) is 14.3 Å². The second-order valence-corrected chi connectivity index (χ2v) is 8.63. The van der Waals surface area contributed by atoms with E-state index in [1.54, 1.807) is 31.7 Å². The van der Waals surface area contributed by atoms with Crippen LogP contribution in [0.15, 0.2) is 16.6 Å². The van der Waals surface area contributed by atoms with Gasteiger partial charge in [-0.25, -0.2) is 9.35 Å². The molecule has 0 amide bonds. The third-order valence-corrected chi connectivity index (χ3v) is 4.52. The number of nitrogens with zero attached hydrogens (tertiary/aromatic N) is 4. The summed E-state index contributed by atoms with van der Waals surface area (Å²) in [5.41, 5.74) is 0.696. The van der Waals surface area contributed by atoms with E-state index in [2.05, 4.69) is 9.35 Å². The van der Waals surface area contributed by atoms with Crippen LogP contribution in [-0.2, 0) is 9.73 Å². The topological polar surface area (TPSA) is 88.7 Å². The van der Waals surface area contributed by atoms with E-state index < -0.39 is 9.73 Å². The van der Waals surface area contributed by atoms with E-state index in [1.165, 1.54) is 0 Å². The molecule has 1 aromatic heterocycles. The first-order valence-corrected chi connectivity index (χ1v) is 9.59. The molecular weight excluding hydrogens is 304 g/mol. The molecule has 1 unspecified atom stereocenters. The van der Waals surface area contributed by atoms with E-state index in [4.69, 9.17) is 0 Å². The van der Waals surface area contributed by atoms with E-state index in [9.17, 15) is 14.3 Å². The molecule has 1 atom stereocenters. The first-order chi connectivity index (χ1) is 10.3. The predicted octanol–water partition coefficient (Wildman–Crippen LogP) is 2.24. The van der Waals surface area contributed by atoms with Crippen molar-refractivity contribution in [1.29, 1.82) is 0 Å². The Labute approximate surface area is 131 Å². The maximum atomic E-state index is 11.7.